The number of hydrogen-bond donors (Lipinski definition) is 0. The largest absolute Gasteiger partial charge is 0.379 e. The van der Waals surface area contributed by atoms with Crippen molar-refractivity contribution in [1.82, 2.24) is 9.80 Å². The number of thioether (sulfide) groups is 1. The molecule has 1 amide bonds. The SMILES string of the molecule is O=C1/C(=C\c2ccc([N+](=O)[O-])cc2)SC(=S)N1CCN1CCOCC1. The molecule has 3 rings (SSSR count). The maximum absolute atomic E-state index is 12.6. The van der Waals surface area contributed by atoms with Crippen LogP contribution in [0.5, 0.6) is 0 Å². The fraction of sp³-hybridized carbons (Fsp3) is 0.375. The zero-order valence-corrected chi connectivity index (χ0v) is 15.1. The van der Waals surface area contributed by atoms with Crippen molar-refractivity contribution in [3.8, 4) is 0 Å². The number of rotatable bonds is 5. The minimum absolute atomic E-state index is 0.0233. The fourth-order valence-corrected chi connectivity index (χ4v) is 3.91. The van der Waals surface area contributed by atoms with Gasteiger partial charge in [-0.1, -0.05) is 24.0 Å². The summed E-state index contributed by atoms with van der Waals surface area (Å²) in [5.74, 6) is -0.110. The van der Waals surface area contributed by atoms with E-state index in [4.69, 9.17) is 17.0 Å². The van der Waals surface area contributed by atoms with E-state index in [1.165, 1.54) is 23.9 Å². The zero-order valence-electron chi connectivity index (χ0n) is 13.4. The van der Waals surface area contributed by atoms with Crippen LogP contribution in [0.15, 0.2) is 29.2 Å². The van der Waals surface area contributed by atoms with Crippen molar-refractivity contribution in [3.63, 3.8) is 0 Å². The summed E-state index contributed by atoms with van der Waals surface area (Å²) < 4.78 is 5.86. The molecule has 0 aliphatic carbocycles. The Morgan fingerprint density at radius 1 is 1.24 bits per heavy atom. The van der Waals surface area contributed by atoms with Crippen molar-refractivity contribution < 1.29 is 14.5 Å². The molecule has 7 nitrogen and oxygen atoms in total. The summed E-state index contributed by atoms with van der Waals surface area (Å²) in [4.78, 5) is 27.2. The van der Waals surface area contributed by atoms with E-state index in [1.54, 1.807) is 23.1 Å². The Kier molecular flexibility index (Phi) is 5.79. The third kappa shape index (κ3) is 4.43. The molecular weight excluding hydrogens is 362 g/mol. The smallest absolute Gasteiger partial charge is 0.269 e. The number of carbonyl (C=O) groups excluding carboxylic acids is 1. The summed E-state index contributed by atoms with van der Waals surface area (Å²) in [6, 6.07) is 6.09. The second-order valence-corrected chi connectivity index (χ2v) is 7.31. The highest BCUT2D eigenvalue weighted by molar-refractivity contribution is 8.26. The number of carbonyl (C=O) groups is 1. The normalized spacial score (nSPS) is 20.5. The van der Waals surface area contributed by atoms with Crippen LogP contribution in [0.25, 0.3) is 6.08 Å². The highest BCUT2D eigenvalue weighted by Gasteiger charge is 2.32. The number of nitro benzene ring substituents is 1. The molecule has 2 aliphatic heterocycles. The lowest BCUT2D eigenvalue weighted by atomic mass is 10.2. The van der Waals surface area contributed by atoms with Crippen molar-refractivity contribution in [3.05, 3.63) is 44.8 Å². The summed E-state index contributed by atoms with van der Waals surface area (Å²) in [6.07, 6.45) is 1.72. The molecule has 0 aromatic heterocycles. The van der Waals surface area contributed by atoms with Gasteiger partial charge in [-0.15, -0.1) is 0 Å². The lowest BCUT2D eigenvalue weighted by molar-refractivity contribution is -0.384. The molecular formula is C16H17N3O4S2. The van der Waals surface area contributed by atoms with Gasteiger partial charge in [0.1, 0.15) is 4.32 Å². The molecule has 2 aliphatic rings. The van der Waals surface area contributed by atoms with E-state index in [9.17, 15) is 14.9 Å². The van der Waals surface area contributed by atoms with Crippen molar-refractivity contribution >= 4 is 46.0 Å². The molecule has 0 spiro atoms. The molecule has 0 atom stereocenters. The van der Waals surface area contributed by atoms with Crippen LogP contribution >= 0.6 is 24.0 Å². The predicted molar refractivity (Wildman–Crippen MR) is 100 cm³/mol. The van der Waals surface area contributed by atoms with Crippen molar-refractivity contribution in [2.75, 3.05) is 39.4 Å². The van der Waals surface area contributed by atoms with Gasteiger partial charge in [0.05, 0.1) is 23.0 Å². The van der Waals surface area contributed by atoms with Gasteiger partial charge in [0.2, 0.25) is 0 Å². The Morgan fingerprint density at radius 3 is 2.56 bits per heavy atom. The van der Waals surface area contributed by atoms with E-state index >= 15 is 0 Å². The van der Waals surface area contributed by atoms with Gasteiger partial charge in [-0.05, 0) is 23.8 Å². The van der Waals surface area contributed by atoms with Gasteiger partial charge in [0.15, 0.2) is 0 Å². The van der Waals surface area contributed by atoms with E-state index in [-0.39, 0.29) is 11.6 Å². The molecule has 1 aromatic rings. The number of ether oxygens (including phenoxy) is 1. The van der Waals surface area contributed by atoms with E-state index < -0.39 is 4.92 Å². The third-order valence-electron chi connectivity index (χ3n) is 4.02. The number of nitro groups is 1. The minimum atomic E-state index is -0.450. The first kappa shape index (κ1) is 18.0. The molecule has 2 heterocycles. The number of nitrogens with zero attached hydrogens (tertiary/aromatic N) is 3. The van der Waals surface area contributed by atoms with Crippen molar-refractivity contribution in [2.24, 2.45) is 0 Å². The first-order valence-electron chi connectivity index (χ1n) is 7.84. The Labute approximate surface area is 154 Å². The predicted octanol–water partition coefficient (Wildman–Crippen LogP) is 2.13. The quantitative estimate of drug-likeness (QED) is 0.336. The monoisotopic (exact) mass is 379 g/mol. The molecule has 0 radical (unpaired) electrons. The van der Waals surface area contributed by atoms with Crippen LogP contribution in [0.4, 0.5) is 5.69 Å². The number of hydrogen-bond acceptors (Lipinski definition) is 7. The van der Waals surface area contributed by atoms with E-state index in [1.807, 2.05) is 0 Å². The van der Waals surface area contributed by atoms with Crippen LogP contribution in [-0.4, -0.2) is 64.3 Å². The standard InChI is InChI=1S/C16H17N3O4S2/c20-15-14(11-12-1-3-13(4-2-12)19(21)22)25-16(24)18(15)6-5-17-7-9-23-10-8-17/h1-4,11H,5-10H2/b14-11+. The summed E-state index contributed by atoms with van der Waals surface area (Å²) >= 11 is 6.59. The zero-order chi connectivity index (χ0) is 17.8. The third-order valence-corrected chi connectivity index (χ3v) is 5.40. The molecule has 9 heteroatoms. The summed E-state index contributed by atoms with van der Waals surface area (Å²) in [6.45, 7) is 4.50. The lowest BCUT2D eigenvalue weighted by Gasteiger charge is -2.28. The van der Waals surface area contributed by atoms with Gasteiger partial charge in [0.25, 0.3) is 11.6 Å². The maximum atomic E-state index is 12.6. The molecule has 132 valence electrons. The van der Waals surface area contributed by atoms with E-state index in [2.05, 4.69) is 4.90 Å². The van der Waals surface area contributed by atoms with Crippen LogP contribution in [0, 0.1) is 10.1 Å². The first-order chi connectivity index (χ1) is 12.0. The maximum Gasteiger partial charge on any atom is 0.269 e. The van der Waals surface area contributed by atoms with Crippen LogP contribution in [0.2, 0.25) is 0 Å². The number of thiocarbonyl (C=S) groups is 1. The highest BCUT2D eigenvalue weighted by atomic mass is 32.2. The van der Waals surface area contributed by atoms with E-state index in [0.29, 0.717) is 15.8 Å². The minimum Gasteiger partial charge on any atom is -0.379 e. The summed E-state index contributed by atoms with van der Waals surface area (Å²) in [5, 5.41) is 10.7. The van der Waals surface area contributed by atoms with Crippen LogP contribution in [0.1, 0.15) is 5.56 Å². The molecule has 0 bridgehead atoms. The van der Waals surface area contributed by atoms with E-state index in [0.717, 1.165) is 38.4 Å². The molecule has 2 fully saturated rings. The summed E-state index contributed by atoms with van der Waals surface area (Å²) in [5.41, 5.74) is 0.759. The average Bonchev–Trinajstić information content (AvgIpc) is 2.88. The first-order valence-corrected chi connectivity index (χ1v) is 9.07. The Hall–Kier alpha value is -1.81. The highest BCUT2D eigenvalue weighted by Crippen LogP contribution is 2.32. The number of non-ortho nitro benzene ring substituents is 1. The molecule has 2 saturated heterocycles. The Bertz CT molecular complexity index is 715. The van der Waals surface area contributed by atoms with Gasteiger partial charge in [-0.25, -0.2) is 0 Å². The van der Waals surface area contributed by atoms with Crippen molar-refractivity contribution in [2.45, 2.75) is 0 Å². The second kappa shape index (κ2) is 8.05. The number of amides is 1. The lowest BCUT2D eigenvalue weighted by Crippen LogP contribution is -2.42. The van der Waals surface area contributed by atoms with Gasteiger partial charge in [-0.2, -0.15) is 0 Å². The topological polar surface area (TPSA) is 75.9 Å². The van der Waals surface area contributed by atoms with Crippen molar-refractivity contribution in [1.29, 1.82) is 0 Å². The average molecular weight is 379 g/mol. The fourth-order valence-electron chi connectivity index (χ4n) is 2.60. The Morgan fingerprint density at radius 2 is 1.92 bits per heavy atom. The summed E-state index contributed by atoms with van der Waals surface area (Å²) in [7, 11) is 0. The van der Waals surface area contributed by atoms with Crippen LogP contribution < -0.4 is 0 Å². The van der Waals surface area contributed by atoms with Gasteiger partial charge in [-0.3, -0.25) is 24.7 Å². The molecule has 0 N–H and O–H groups in total. The number of morpholine rings is 1. The van der Waals surface area contributed by atoms with Crippen LogP contribution in [0.3, 0.4) is 0 Å². The molecule has 1 aromatic carbocycles. The molecule has 25 heavy (non-hydrogen) atoms. The van der Waals surface area contributed by atoms with Gasteiger partial charge >= 0.3 is 0 Å². The Balaban J connectivity index is 1.64. The number of benzene rings is 1. The molecule has 0 saturated carbocycles. The molecule has 0 unspecified atom stereocenters. The van der Waals surface area contributed by atoms with Gasteiger partial charge in [0, 0.05) is 38.3 Å². The van der Waals surface area contributed by atoms with Crippen LogP contribution in [-0.2, 0) is 9.53 Å². The second-order valence-electron chi connectivity index (χ2n) is 5.64. The van der Waals surface area contributed by atoms with Gasteiger partial charge < -0.3 is 4.74 Å².